The Hall–Kier alpha value is -2.60. The van der Waals surface area contributed by atoms with E-state index in [1.165, 1.54) is 6.07 Å². The highest BCUT2D eigenvalue weighted by Gasteiger charge is 2.14. The first-order chi connectivity index (χ1) is 12.7. The molecule has 1 fully saturated rings. The zero-order valence-corrected chi connectivity index (χ0v) is 14.8. The molecule has 2 aromatic carbocycles. The number of aryl methyl sites for hydroxylation is 1. The van der Waals surface area contributed by atoms with Gasteiger partial charge in [-0.25, -0.2) is 4.39 Å². The van der Waals surface area contributed by atoms with E-state index in [1.54, 1.807) is 19.2 Å². The summed E-state index contributed by atoms with van der Waals surface area (Å²) >= 11 is 0. The molecule has 0 aliphatic carbocycles. The molecule has 1 N–H and O–H groups in total. The largest absolute Gasteiger partial charge is 0.497 e. The van der Waals surface area contributed by atoms with Gasteiger partial charge in [0, 0.05) is 25.2 Å². The fourth-order valence-corrected chi connectivity index (χ4v) is 2.89. The van der Waals surface area contributed by atoms with Gasteiger partial charge in [-0.05, 0) is 42.3 Å². The van der Waals surface area contributed by atoms with E-state index >= 15 is 0 Å². The number of nitrogens with zero attached hydrogens (tertiary/aromatic N) is 1. The number of ether oxygens (including phenoxy) is 2. The van der Waals surface area contributed by atoms with E-state index in [0.717, 1.165) is 30.1 Å². The zero-order valence-electron chi connectivity index (χ0n) is 14.8. The highest BCUT2D eigenvalue weighted by atomic mass is 19.1. The van der Waals surface area contributed by atoms with Crippen LogP contribution in [0.2, 0.25) is 0 Å². The van der Waals surface area contributed by atoms with Crippen LogP contribution >= 0.6 is 0 Å². The average Bonchev–Trinajstić information content (AvgIpc) is 2.69. The lowest BCUT2D eigenvalue weighted by atomic mass is 10.1. The van der Waals surface area contributed by atoms with Crippen LogP contribution in [0.15, 0.2) is 42.5 Å². The van der Waals surface area contributed by atoms with Crippen LogP contribution in [0.25, 0.3) is 0 Å². The number of morpholine rings is 1. The molecule has 1 heterocycles. The van der Waals surface area contributed by atoms with Crippen LogP contribution in [0.3, 0.4) is 0 Å². The maximum Gasteiger partial charge on any atom is 0.224 e. The highest BCUT2D eigenvalue weighted by Crippen LogP contribution is 2.24. The number of amides is 1. The Kier molecular flexibility index (Phi) is 6.07. The second-order valence-electron chi connectivity index (χ2n) is 6.16. The molecule has 0 saturated carbocycles. The Morgan fingerprint density at radius 3 is 2.62 bits per heavy atom. The van der Waals surface area contributed by atoms with Crippen LogP contribution in [-0.2, 0) is 16.0 Å². The summed E-state index contributed by atoms with van der Waals surface area (Å²) in [7, 11) is 1.61. The van der Waals surface area contributed by atoms with E-state index in [2.05, 4.69) is 10.2 Å². The number of halogens is 1. The van der Waals surface area contributed by atoms with Gasteiger partial charge in [-0.15, -0.1) is 0 Å². The first kappa shape index (κ1) is 18.2. The predicted molar refractivity (Wildman–Crippen MR) is 99.4 cm³/mol. The molecule has 0 radical (unpaired) electrons. The third-order valence-electron chi connectivity index (χ3n) is 4.40. The smallest absolute Gasteiger partial charge is 0.224 e. The minimum Gasteiger partial charge on any atom is -0.497 e. The lowest BCUT2D eigenvalue weighted by molar-refractivity contribution is -0.116. The van der Waals surface area contributed by atoms with Gasteiger partial charge < -0.3 is 19.7 Å². The minimum absolute atomic E-state index is 0.209. The van der Waals surface area contributed by atoms with Gasteiger partial charge in [0.2, 0.25) is 5.91 Å². The quantitative estimate of drug-likeness (QED) is 0.861. The molecule has 0 aromatic heterocycles. The second kappa shape index (κ2) is 8.67. The fourth-order valence-electron chi connectivity index (χ4n) is 2.89. The number of nitrogens with one attached hydrogen (secondary N) is 1. The first-order valence-corrected chi connectivity index (χ1v) is 8.71. The van der Waals surface area contributed by atoms with E-state index < -0.39 is 5.82 Å². The number of rotatable bonds is 6. The molecular formula is C20H23FN2O3. The van der Waals surface area contributed by atoms with E-state index in [1.807, 2.05) is 24.3 Å². The molecule has 1 aliphatic rings. The normalized spacial score (nSPS) is 14.2. The van der Waals surface area contributed by atoms with Crippen LogP contribution in [0.4, 0.5) is 15.8 Å². The van der Waals surface area contributed by atoms with Crippen molar-refractivity contribution in [2.24, 2.45) is 0 Å². The maximum atomic E-state index is 14.1. The molecule has 5 nitrogen and oxygen atoms in total. The van der Waals surface area contributed by atoms with Crippen molar-refractivity contribution in [2.45, 2.75) is 12.8 Å². The molecule has 2 aromatic rings. The molecule has 0 bridgehead atoms. The van der Waals surface area contributed by atoms with Crippen LogP contribution in [0, 0.1) is 5.82 Å². The lowest BCUT2D eigenvalue weighted by Gasteiger charge is -2.29. The molecule has 26 heavy (non-hydrogen) atoms. The summed E-state index contributed by atoms with van der Waals surface area (Å²) in [6.07, 6.45) is 0.869. The summed E-state index contributed by atoms with van der Waals surface area (Å²) in [4.78, 5) is 14.3. The average molecular weight is 358 g/mol. The number of anilines is 2. The lowest BCUT2D eigenvalue weighted by Crippen LogP contribution is -2.36. The number of hydrogen-bond acceptors (Lipinski definition) is 4. The minimum atomic E-state index is -0.431. The molecule has 1 aliphatic heterocycles. The summed E-state index contributed by atoms with van der Waals surface area (Å²) in [6.45, 7) is 2.83. The third-order valence-corrected chi connectivity index (χ3v) is 4.40. The van der Waals surface area contributed by atoms with Crippen molar-refractivity contribution in [1.29, 1.82) is 0 Å². The topological polar surface area (TPSA) is 50.8 Å². The monoisotopic (exact) mass is 358 g/mol. The van der Waals surface area contributed by atoms with Crippen molar-refractivity contribution >= 4 is 17.3 Å². The SMILES string of the molecule is COc1ccc(CCC(=O)Nc2cc(N3CCOCC3)ccc2F)cc1. The van der Waals surface area contributed by atoms with Gasteiger partial charge in [-0.3, -0.25) is 4.79 Å². The fraction of sp³-hybridized carbons (Fsp3) is 0.350. The summed E-state index contributed by atoms with van der Waals surface area (Å²) in [6, 6.07) is 12.4. The molecule has 3 rings (SSSR count). The molecule has 1 saturated heterocycles. The van der Waals surface area contributed by atoms with Gasteiger partial charge in [0.05, 0.1) is 26.0 Å². The van der Waals surface area contributed by atoms with Gasteiger partial charge in [0.25, 0.3) is 0 Å². The predicted octanol–water partition coefficient (Wildman–Crippen LogP) is 3.24. The van der Waals surface area contributed by atoms with Crippen molar-refractivity contribution in [3.05, 3.63) is 53.8 Å². The summed E-state index contributed by atoms with van der Waals surface area (Å²) < 4.78 is 24.5. The van der Waals surface area contributed by atoms with Gasteiger partial charge in [0.15, 0.2) is 0 Å². The van der Waals surface area contributed by atoms with Crippen molar-refractivity contribution < 1.29 is 18.7 Å². The van der Waals surface area contributed by atoms with Crippen molar-refractivity contribution in [1.82, 2.24) is 0 Å². The van der Waals surface area contributed by atoms with Crippen LogP contribution in [-0.4, -0.2) is 39.3 Å². The van der Waals surface area contributed by atoms with Gasteiger partial charge in [-0.1, -0.05) is 12.1 Å². The number of benzene rings is 2. The zero-order chi connectivity index (χ0) is 18.4. The summed E-state index contributed by atoms with van der Waals surface area (Å²) in [5, 5.41) is 2.69. The Labute approximate surface area is 152 Å². The molecule has 138 valence electrons. The van der Waals surface area contributed by atoms with E-state index in [-0.39, 0.29) is 18.0 Å². The van der Waals surface area contributed by atoms with Crippen LogP contribution in [0.1, 0.15) is 12.0 Å². The summed E-state index contributed by atoms with van der Waals surface area (Å²) in [5.41, 5.74) is 2.14. The Morgan fingerprint density at radius 1 is 1.19 bits per heavy atom. The number of carbonyl (C=O) groups excluding carboxylic acids is 1. The Morgan fingerprint density at radius 2 is 1.92 bits per heavy atom. The Balaban J connectivity index is 1.59. The standard InChI is InChI=1S/C20H23FN2O3/c1-25-17-6-2-15(3-7-17)4-9-20(24)22-19-14-16(5-8-18(19)21)23-10-12-26-13-11-23/h2-3,5-8,14H,4,9-13H2,1H3,(H,22,24). The highest BCUT2D eigenvalue weighted by molar-refractivity contribution is 5.91. The number of hydrogen-bond donors (Lipinski definition) is 1. The van der Waals surface area contributed by atoms with E-state index in [0.29, 0.717) is 19.6 Å². The number of methoxy groups -OCH3 is 1. The van der Waals surface area contributed by atoms with Crippen LogP contribution < -0.4 is 15.0 Å². The van der Waals surface area contributed by atoms with Gasteiger partial charge in [-0.2, -0.15) is 0 Å². The maximum absolute atomic E-state index is 14.1. The van der Waals surface area contributed by atoms with E-state index in [4.69, 9.17) is 9.47 Å². The van der Waals surface area contributed by atoms with Crippen molar-refractivity contribution in [3.8, 4) is 5.75 Å². The molecular weight excluding hydrogens is 335 g/mol. The molecule has 0 atom stereocenters. The molecule has 0 spiro atoms. The van der Waals surface area contributed by atoms with Gasteiger partial charge >= 0.3 is 0 Å². The second-order valence-corrected chi connectivity index (χ2v) is 6.16. The Bertz CT molecular complexity index is 743. The van der Waals surface area contributed by atoms with Crippen molar-refractivity contribution in [3.63, 3.8) is 0 Å². The van der Waals surface area contributed by atoms with E-state index in [9.17, 15) is 9.18 Å². The van der Waals surface area contributed by atoms with Gasteiger partial charge in [0.1, 0.15) is 11.6 Å². The summed E-state index contributed by atoms with van der Waals surface area (Å²) in [5.74, 6) is 0.138. The first-order valence-electron chi connectivity index (χ1n) is 8.71. The molecule has 6 heteroatoms. The number of carbonyl (C=O) groups is 1. The molecule has 0 unspecified atom stereocenters. The van der Waals surface area contributed by atoms with Crippen molar-refractivity contribution in [2.75, 3.05) is 43.6 Å². The van der Waals surface area contributed by atoms with Crippen LogP contribution in [0.5, 0.6) is 5.75 Å². The molecule has 1 amide bonds. The third kappa shape index (κ3) is 4.73.